The lowest BCUT2D eigenvalue weighted by Gasteiger charge is -2.51. The molecule has 1 nitrogen and oxygen atoms in total. The summed E-state index contributed by atoms with van der Waals surface area (Å²) in [5, 5.41) is 0. The van der Waals surface area contributed by atoms with E-state index in [1.807, 2.05) is 0 Å². The van der Waals surface area contributed by atoms with Crippen LogP contribution in [0.5, 0.6) is 0 Å². The van der Waals surface area contributed by atoms with E-state index in [1.165, 1.54) is 25.7 Å². The van der Waals surface area contributed by atoms with Gasteiger partial charge in [-0.25, -0.2) is 0 Å². The van der Waals surface area contributed by atoms with E-state index in [2.05, 4.69) is 73.4 Å². The molecule has 2 aliphatic carbocycles. The van der Waals surface area contributed by atoms with Crippen molar-refractivity contribution >= 4 is 37.6 Å². The topological polar surface area (TPSA) is 17.1 Å². The number of carbonyl (C=O) groups is 1. The molecule has 2 aliphatic rings. The molecule has 26 heavy (non-hydrogen) atoms. The Hall–Kier alpha value is 0.630. The predicted molar refractivity (Wildman–Crippen MR) is 120 cm³/mol. The Labute approximate surface area is 179 Å². The van der Waals surface area contributed by atoms with Crippen molar-refractivity contribution in [2.24, 2.45) is 34.5 Å². The minimum Gasteiger partial charge on any atom is -0.299 e. The molecule has 0 heterocycles. The van der Waals surface area contributed by atoms with Gasteiger partial charge in [0.1, 0.15) is 5.78 Å². The summed E-state index contributed by atoms with van der Waals surface area (Å²) in [5.74, 6) is 2.16. The molecule has 0 spiro atoms. The van der Waals surface area contributed by atoms with Gasteiger partial charge < -0.3 is 0 Å². The van der Waals surface area contributed by atoms with Gasteiger partial charge in [0.2, 0.25) is 0 Å². The SMILES string of the molecule is CC(C)CC1(C)CCCC(Br)C1C(=O)C1C(Br)CCCC1(C)CC(C)C. The summed E-state index contributed by atoms with van der Waals surface area (Å²) in [7, 11) is 0. The van der Waals surface area contributed by atoms with Crippen LogP contribution in [-0.2, 0) is 4.79 Å². The summed E-state index contributed by atoms with van der Waals surface area (Å²) in [6, 6.07) is 0. The number of rotatable bonds is 6. The summed E-state index contributed by atoms with van der Waals surface area (Å²) in [6.07, 6.45) is 9.49. The number of Topliss-reactive ketones (excluding diaryl/α,β-unsaturated/α-hetero) is 1. The van der Waals surface area contributed by atoms with Crippen LogP contribution in [0.1, 0.15) is 92.9 Å². The molecule has 0 aromatic carbocycles. The zero-order valence-electron chi connectivity index (χ0n) is 17.8. The van der Waals surface area contributed by atoms with Crippen molar-refractivity contribution in [3.8, 4) is 0 Å². The lowest BCUT2D eigenvalue weighted by Crippen LogP contribution is -2.52. The van der Waals surface area contributed by atoms with Crippen LogP contribution in [0.4, 0.5) is 0 Å². The molecule has 0 aliphatic heterocycles. The number of carbonyl (C=O) groups excluding carboxylic acids is 1. The summed E-state index contributed by atoms with van der Waals surface area (Å²) >= 11 is 7.92. The molecule has 0 saturated heterocycles. The van der Waals surface area contributed by atoms with E-state index in [1.54, 1.807) is 0 Å². The minimum atomic E-state index is 0.139. The molecule has 152 valence electrons. The summed E-state index contributed by atoms with van der Waals surface area (Å²) < 4.78 is 0. The van der Waals surface area contributed by atoms with Crippen LogP contribution in [0.25, 0.3) is 0 Å². The average Bonchev–Trinajstić information content (AvgIpc) is 2.44. The second-order valence-corrected chi connectivity index (χ2v) is 13.0. The summed E-state index contributed by atoms with van der Waals surface area (Å²) in [4.78, 5) is 14.8. The van der Waals surface area contributed by atoms with Crippen molar-refractivity contribution in [2.45, 2.75) is 103 Å². The van der Waals surface area contributed by atoms with Crippen molar-refractivity contribution in [2.75, 3.05) is 0 Å². The largest absolute Gasteiger partial charge is 0.299 e. The van der Waals surface area contributed by atoms with E-state index in [9.17, 15) is 4.79 Å². The van der Waals surface area contributed by atoms with E-state index in [0.29, 0.717) is 27.3 Å². The molecule has 6 unspecified atom stereocenters. The first-order chi connectivity index (χ1) is 12.0. The molecule has 0 bridgehead atoms. The highest BCUT2D eigenvalue weighted by atomic mass is 79.9. The Bertz CT molecular complexity index is 447. The Morgan fingerprint density at radius 1 is 0.846 bits per heavy atom. The Morgan fingerprint density at radius 2 is 1.19 bits per heavy atom. The van der Waals surface area contributed by atoms with Crippen LogP contribution in [-0.4, -0.2) is 15.4 Å². The van der Waals surface area contributed by atoms with Gasteiger partial charge in [-0.05, 0) is 61.2 Å². The van der Waals surface area contributed by atoms with Crippen molar-refractivity contribution in [1.82, 2.24) is 0 Å². The average molecular weight is 492 g/mol. The van der Waals surface area contributed by atoms with Crippen molar-refractivity contribution in [3.05, 3.63) is 0 Å². The van der Waals surface area contributed by atoms with E-state index in [0.717, 1.165) is 25.7 Å². The molecular weight excluding hydrogens is 452 g/mol. The van der Waals surface area contributed by atoms with Crippen LogP contribution >= 0.6 is 31.9 Å². The fraction of sp³-hybridized carbons (Fsp3) is 0.957. The Balaban J connectivity index is 2.37. The van der Waals surface area contributed by atoms with Gasteiger partial charge in [-0.15, -0.1) is 0 Å². The minimum absolute atomic E-state index is 0.139. The van der Waals surface area contributed by atoms with Crippen molar-refractivity contribution in [1.29, 1.82) is 0 Å². The lowest BCUT2D eigenvalue weighted by molar-refractivity contribution is -0.138. The third kappa shape index (κ3) is 4.97. The van der Waals surface area contributed by atoms with E-state index >= 15 is 0 Å². The first-order valence-electron chi connectivity index (χ1n) is 10.8. The Morgan fingerprint density at radius 3 is 1.50 bits per heavy atom. The number of halogens is 2. The maximum Gasteiger partial charge on any atom is 0.142 e. The van der Waals surface area contributed by atoms with Crippen LogP contribution in [0.15, 0.2) is 0 Å². The van der Waals surface area contributed by atoms with Gasteiger partial charge in [0.25, 0.3) is 0 Å². The summed E-state index contributed by atoms with van der Waals surface area (Å²) in [6.45, 7) is 14.0. The fourth-order valence-electron chi connectivity index (χ4n) is 6.48. The zero-order valence-corrected chi connectivity index (χ0v) is 21.0. The second kappa shape index (κ2) is 8.97. The number of alkyl halides is 2. The van der Waals surface area contributed by atoms with Gasteiger partial charge in [-0.2, -0.15) is 0 Å². The first kappa shape index (κ1) is 22.9. The van der Waals surface area contributed by atoms with E-state index in [-0.39, 0.29) is 22.7 Å². The maximum atomic E-state index is 14.1. The molecule has 0 aromatic heterocycles. The van der Waals surface area contributed by atoms with Crippen LogP contribution in [0.2, 0.25) is 0 Å². The van der Waals surface area contributed by atoms with Crippen LogP contribution in [0.3, 0.4) is 0 Å². The molecule has 6 atom stereocenters. The molecular formula is C23H40Br2O. The zero-order chi connectivity index (χ0) is 19.7. The third-order valence-corrected chi connectivity index (χ3v) is 9.02. The number of hydrogen-bond acceptors (Lipinski definition) is 1. The van der Waals surface area contributed by atoms with Crippen molar-refractivity contribution in [3.63, 3.8) is 0 Å². The standard InChI is InChI=1S/C23H40Br2O/c1-15(2)13-22(5)11-7-9-17(24)19(22)21(26)20-18(25)10-8-12-23(20,6)14-16(3)4/h15-20H,7-14H2,1-6H3. The number of hydrogen-bond donors (Lipinski definition) is 0. The number of ketones is 1. The van der Waals surface area contributed by atoms with Crippen molar-refractivity contribution < 1.29 is 4.79 Å². The normalized spacial score (nSPS) is 41.6. The lowest BCUT2D eigenvalue weighted by atomic mass is 9.55. The smallest absolute Gasteiger partial charge is 0.142 e. The second-order valence-electron chi connectivity index (χ2n) is 10.7. The van der Waals surface area contributed by atoms with Gasteiger partial charge in [0, 0.05) is 21.5 Å². The molecule has 0 radical (unpaired) electrons. The van der Waals surface area contributed by atoms with Gasteiger partial charge in [0.15, 0.2) is 0 Å². The van der Waals surface area contributed by atoms with Crippen LogP contribution < -0.4 is 0 Å². The Kier molecular flexibility index (Phi) is 7.91. The molecule has 0 N–H and O–H groups in total. The molecule has 2 rings (SSSR count). The highest BCUT2D eigenvalue weighted by molar-refractivity contribution is 9.09. The van der Waals surface area contributed by atoms with E-state index < -0.39 is 0 Å². The first-order valence-corrected chi connectivity index (χ1v) is 12.6. The molecule has 2 fully saturated rings. The van der Waals surface area contributed by atoms with Gasteiger partial charge in [-0.1, -0.05) is 86.2 Å². The fourth-order valence-corrected chi connectivity index (χ4v) is 8.92. The van der Waals surface area contributed by atoms with Gasteiger partial charge in [-0.3, -0.25) is 4.79 Å². The molecule has 0 aromatic rings. The molecule has 0 amide bonds. The van der Waals surface area contributed by atoms with E-state index in [4.69, 9.17) is 0 Å². The monoisotopic (exact) mass is 490 g/mol. The molecule has 3 heteroatoms. The third-order valence-electron chi connectivity index (χ3n) is 7.04. The maximum absolute atomic E-state index is 14.1. The highest BCUT2D eigenvalue weighted by Crippen LogP contribution is 2.54. The van der Waals surface area contributed by atoms with Gasteiger partial charge in [0.05, 0.1) is 0 Å². The van der Waals surface area contributed by atoms with Gasteiger partial charge >= 0.3 is 0 Å². The predicted octanol–water partition coefficient (Wildman–Crippen LogP) is 7.79. The quantitative estimate of drug-likeness (QED) is 0.346. The summed E-state index contributed by atoms with van der Waals surface area (Å²) in [5.41, 5.74) is 0.279. The van der Waals surface area contributed by atoms with Crippen LogP contribution in [0, 0.1) is 34.5 Å². The highest BCUT2D eigenvalue weighted by Gasteiger charge is 2.53. The molecule has 2 saturated carbocycles.